The maximum atomic E-state index is 13.1. The Labute approximate surface area is 186 Å². The second-order valence-corrected chi connectivity index (χ2v) is 8.62. The van der Waals surface area contributed by atoms with Crippen LogP contribution in [0, 0.1) is 19.7 Å². The molecule has 0 bridgehead atoms. The van der Waals surface area contributed by atoms with Gasteiger partial charge < -0.3 is 14.6 Å². The lowest BCUT2D eigenvalue weighted by Gasteiger charge is -2.19. The molecule has 1 aromatic heterocycles. The number of benzene rings is 2. The van der Waals surface area contributed by atoms with Crippen molar-refractivity contribution in [3.05, 3.63) is 65.2 Å². The third kappa shape index (κ3) is 5.85. The maximum Gasteiger partial charge on any atom is 0.234 e. The van der Waals surface area contributed by atoms with Crippen molar-refractivity contribution in [2.45, 2.75) is 51.9 Å². The first-order valence-corrected chi connectivity index (χ1v) is 11.1. The first-order valence-electron chi connectivity index (χ1n) is 10.1. The lowest BCUT2D eigenvalue weighted by Crippen LogP contribution is -2.17. The summed E-state index contributed by atoms with van der Waals surface area (Å²) in [5.41, 5.74) is 2.99. The van der Waals surface area contributed by atoms with Gasteiger partial charge in [-0.15, -0.1) is 10.2 Å². The molecule has 0 radical (unpaired) electrons. The molecule has 8 heteroatoms. The minimum Gasteiger partial charge on any atom is -0.483 e. The Kier molecular flexibility index (Phi) is 7.33. The summed E-state index contributed by atoms with van der Waals surface area (Å²) >= 11 is 1.33. The topological polar surface area (TPSA) is 69.0 Å². The number of nitrogens with zero attached hydrogens (tertiary/aromatic N) is 3. The van der Waals surface area contributed by atoms with Crippen LogP contribution < -0.4 is 10.1 Å². The fraction of sp³-hybridized carbons (Fsp3) is 0.348. The normalized spacial score (nSPS) is 12.1. The van der Waals surface area contributed by atoms with E-state index < -0.39 is 6.10 Å². The van der Waals surface area contributed by atoms with Gasteiger partial charge in [0.2, 0.25) is 5.91 Å². The Balaban J connectivity index is 1.68. The largest absolute Gasteiger partial charge is 0.483 e. The number of rotatable bonds is 8. The number of ether oxygens (including phenoxy) is 1. The van der Waals surface area contributed by atoms with Crippen molar-refractivity contribution >= 4 is 23.4 Å². The Hall–Kier alpha value is -2.87. The van der Waals surface area contributed by atoms with E-state index >= 15 is 0 Å². The van der Waals surface area contributed by atoms with Crippen LogP contribution in [-0.4, -0.2) is 26.4 Å². The van der Waals surface area contributed by atoms with Crippen LogP contribution in [0.15, 0.2) is 47.6 Å². The highest BCUT2D eigenvalue weighted by molar-refractivity contribution is 7.99. The van der Waals surface area contributed by atoms with Crippen LogP contribution in [-0.2, 0) is 4.79 Å². The molecule has 0 aliphatic carbocycles. The van der Waals surface area contributed by atoms with Crippen LogP contribution in [0.1, 0.15) is 49.9 Å². The third-order valence-corrected chi connectivity index (χ3v) is 5.63. The van der Waals surface area contributed by atoms with Crippen molar-refractivity contribution in [1.82, 2.24) is 14.8 Å². The lowest BCUT2D eigenvalue weighted by atomic mass is 10.1. The SMILES string of the molecule is Cc1ccc(NC(=O)CSc2nnc(C(C)Oc3ccc(F)cc3)n2C(C)C)c(C)c1. The number of aryl methyl sites for hydroxylation is 2. The van der Waals surface area contributed by atoms with E-state index in [1.54, 1.807) is 12.1 Å². The molecule has 1 atom stereocenters. The number of thioether (sulfide) groups is 1. The van der Waals surface area contributed by atoms with Gasteiger partial charge in [0.05, 0.1) is 5.75 Å². The highest BCUT2D eigenvalue weighted by Crippen LogP contribution is 2.28. The minimum absolute atomic E-state index is 0.0779. The smallest absolute Gasteiger partial charge is 0.234 e. The first-order chi connectivity index (χ1) is 14.7. The van der Waals surface area contributed by atoms with Gasteiger partial charge in [-0.3, -0.25) is 4.79 Å². The zero-order valence-electron chi connectivity index (χ0n) is 18.3. The van der Waals surface area contributed by atoms with Gasteiger partial charge in [0.1, 0.15) is 11.6 Å². The van der Waals surface area contributed by atoms with Gasteiger partial charge in [-0.2, -0.15) is 0 Å². The van der Waals surface area contributed by atoms with E-state index in [1.165, 1.54) is 23.9 Å². The number of hydrogen-bond acceptors (Lipinski definition) is 5. The molecule has 3 aromatic rings. The van der Waals surface area contributed by atoms with Crippen LogP contribution >= 0.6 is 11.8 Å². The van der Waals surface area contributed by atoms with Crippen molar-refractivity contribution < 1.29 is 13.9 Å². The summed E-state index contributed by atoms with van der Waals surface area (Å²) in [5, 5.41) is 12.2. The molecule has 0 saturated carbocycles. The predicted octanol–water partition coefficient (Wildman–Crippen LogP) is 5.49. The summed E-state index contributed by atoms with van der Waals surface area (Å²) in [6.07, 6.45) is -0.390. The summed E-state index contributed by atoms with van der Waals surface area (Å²) in [4.78, 5) is 12.5. The van der Waals surface area contributed by atoms with Crippen LogP contribution in [0.2, 0.25) is 0 Å². The van der Waals surface area contributed by atoms with Crippen molar-refractivity contribution in [2.24, 2.45) is 0 Å². The Morgan fingerprint density at radius 1 is 1.13 bits per heavy atom. The average molecular weight is 443 g/mol. The number of aromatic nitrogens is 3. The van der Waals surface area contributed by atoms with Crippen LogP contribution in [0.5, 0.6) is 5.75 Å². The van der Waals surface area contributed by atoms with E-state index in [0.717, 1.165) is 16.8 Å². The monoisotopic (exact) mass is 442 g/mol. The van der Waals surface area contributed by atoms with Crippen molar-refractivity contribution in [2.75, 3.05) is 11.1 Å². The van der Waals surface area contributed by atoms with Gasteiger partial charge in [0.25, 0.3) is 0 Å². The standard InChI is InChI=1S/C23H27FN4O2S/c1-14(2)28-22(17(5)30-19-9-7-18(24)8-10-19)26-27-23(28)31-13-21(29)25-20-11-6-15(3)12-16(20)4/h6-12,14,17H,13H2,1-5H3,(H,25,29). The van der Waals surface area contributed by atoms with Gasteiger partial charge in [0.15, 0.2) is 17.1 Å². The fourth-order valence-electron chi connectivity index (χ4n) is 3.19. The number of carbonyl (C=O) groups excluding carboxylic acids is 1. The van der Waals surface area contributed by atoms with E-state index in [2.05, 4.69) is 15.5 Å². The first kappa shape index (κ1) is 22.8. The van der Waals surface area contributed by atoms with E-state index in [0.29, 0.717) is 16.7 Å². The summed E-state index contributed by atoms with van der Waals surface area (Å²) in [6, 6.07) is 11.9. The van der Waals surface area contributed by atoms with Gasteiger partial charge in [-0.05, 0) is 70.5 Å². The number of anilines is 1. The number of hydrogen-bond donors (Lipinski definition) is 1. The molecule has 1 amide bonds. The molecule has 0 fully saturated rings. The quantitative estimate of drug-likeness (QED) is 0.468. The van der Waals surface area contributed by atoms with Crippen LogP contribution in [0.3, 0.4) is 0 Å². The zero-order chi connectivity index (χ0) is 22.5. The number of amides is 1. The molecule has 0 saturated heterocycles. The average Bonchev–Trinajstić information content (AvgIpc) is 3.15. The van der Waals surface area contributed by atoms with Gasteiger partial charge in [0, 0.05) is 11.7 Å². The molecular weight excluding hydrogens is 415 g/mol. The molecule has 0 aliphatic rings. The molecule has 31 heavy (non-hydrogen) atoms. The molecule has 1 unspecified atom stereocenters. The maximum absolute atomic E-state index is 13.1. The molecular formula is C23H27FN4O2S. The van der Waals surface area contributed by atoms with Crippen molar-refractivity contribution in [3.63, 3.8) is 0 Å². The Bertz CT molecular complexity index is 1050. The minimum atomic E-state index is -0.390. The van der Waals surface area contributed by atoms with Gasteiger partial charge in [-0.1, -0.05) is 29.5 Å². The number of nitrogens with one attached hydrogen (secondary N) is 1. The molecule has 0 aliphatic heterocycles. The van der Waals surface area contributed by atoms with Crippen molar-refractivity contribution in [3.8, 4) is 5.75 Å². The summed E-state index contributed by atoms with van der Waals surface area (Å²) in [5.74, 6) is 0.993. The molecule has 3 rings (SSSR count). The van der Waals surface area contributed by atoms with Gasteiger partial charge >= 0.3 is 0 Å². The van der Waals surface area contributed by atoms with E-state index in [-0.39, 0.29) is 23.5 Å². The Morgan fingerprint density at radius 2 is 1.84 bits per heavy atom. The highest BCUT2D eigenvalue weighted by Gasteiger charge is 2.22. The third-order valence-electron chi connectivity index (χ3n) is 4.69. The molecule has 6 nitrogen and oxygen atoms in total. The number of halogens is 1. The summed E-state index contributed by atoms with van der Waals surface area (Å²) in [7, 11) is 0. The second kappa shape index (κ2) is 9.96. The lowest BCUT2D eigenvalue weighted by molar-refractivity contribution is -0.113. The molecule has 1 heterocycles. The van der Waals surface area contributed by atoms with Crippen LogP contribution in [0.25, 0.3) is 0 Å². The van der Waals surface area contributed by atoms with Crippen LogP contribution in [0.4, 0.5) is 10.1 Å². The van der Waals surface area contributed by atoms with Gasteiger partial charge in [-0.25, -0.2) is 4.39 Å². The highest BCUT2D eigenvalue weighted by atomic mass is 32.2. The van der Waals surface area contributed by atoms with E-state index in [4.69, 9.17) is 4.74 Å². The summed E-state index contributed by atoms with van der Waals surface area (Å²) < 4.78 is 21.0. The fourth-order valence-corrected chi connectivity index (χ4v) is 4.06. The molecule has 0 spiro atoms. The Morgan fingerprint density at radius 3 is 2.48 bits per heavy atom. The van der Waals surface area contributed by atoms with Crippen molar-refractivity contribution in [1.29, 1.82) is 0 Å². The molecule has 1 N–H and O–H groups in total. The zero-order valence-corrected chi connectivity index (χ0v) is 19.2. The molecule has 164 valence electrons. The summed E-state index contributed by atoms with van der Waals surface area (Å²) in [6.45, 7) is 9.91. The van der Waals surface area contributed by atoms with E-state index in [9.17, 15) is 9.18 Å². The predicted molar refractivity (Wildman–Crippen MR) is 121 cm³/mol. The molecule has 2 aromatic carbocycles. The second-order valence-electron chi connectivity index (χ2n) is 7.67. The number of carbonyl (C=O) groups is 1. The van der Waals surface area contributed by atoms with E-state index in [1.807, 2.05) is 57.4 Å².